The van der Waals surface area contributed by atoms with Crippen LogP contribution < -0.4 is 15.9 Å². The minimum atomic E-state index is 0.113. The molecule has 0 spiro atoms. The summed E-state index contributed by atoms with van der Waals surface area (Å²) in [6.07, 6.45) is 4.92. The van der Waals surface area contributed by atoms with Crippen molar-refractivity contribution in [2.75, 3.05) is 0 Å². The SMILES string of the molecule is NC(=S)NN=Cc1ccccc1Oc1cccnc1. The van der Waals surface area contributed by atoms with Crippen molar-refractivity contribution in [3.8, 4) is 11.5 Å². The molecule has 0 aliphatic carbocycles. The van der Waals surface area contributed by atoms with Gasteiger partial charge in [-0.3, -0.25) is 10.4 Å². The number of para-hydroxylation sites is 1. The highest BCUT2D eigenvalue weighted by molar-refractivity contribution is 7.80. The molecule has 1 aromatic carbocycles. The Hall–Kier alpha value is -2.47. The molecule has 0 aliphatic heterocycles. The molecule has 0 fully saturated rings. The highest BCUT2D eigenvalue weighted by Crippen LogP contribution is 2.23. The zero-order valence-corrected chi connectivity index (χ0v) is 10.8. The fourth-order valence-electron chi connectivity index (χ4n) is 1.38. The predicted octanol–water partition coefficient (Wildman–Crippen LogP) is 2.04. The zero-order chi connectivity index (χ0) is 13.5. The Morgan fingerprint density at radius 2 is 2.16 bits per heavy atom. The van der Waals surface area contributed by atoms with E-state index in [2.05, 4.69) is 27.7 Å². The van der Waals surface area contributed by atoms with E-state index < -0.39 is 0 Å². The van der Waals surface area contributed by atoms with E-state index in [0.29, 0.717) is 11.5 Å². The maximum atomic E-state index is 5.72. The number of rotatable bonds is 4. The van der Waals surface area contributed by atoms with Crippen LogP contribution in [0.4, 0.5) is 0 Å². The van der Waals surface area contributed by atoms with Crippen LogP contribution in [0.1, 0.15) is 5.56 Å². The molecule has 0 radical (unpaired) electrons. The summed E-state index contributed by atoms with van der Waals surface area (Å²) >= 11 is 4.66. The number of pyridine rings is 1. The van der Waals surface area contributed by atoms with Gasteiger partial charge >= 0.3 is 0 Å². The van der Waals surface area contributed by atoms with E-state index in [4.69, 9.17) is 10.5 Å². The average Bonchev–Trinajstić information content (AvgIpc) is 2.41. The van der Waals surface area contributed by atoms with Crippen molar-refractivity contribution in [3.05, 3.63) is 54.4 Å². The number of nitrogens with two attached hydrogens (primary N) is 1. The van der Waals surface area contributed by atoms with Crippen molar-refractivity contribution in [2.45, 2.75) is 0 Å². The summed E-state index contributed by atoms with van der Waals surface area (Å²) in [5, 5.41) is 4.02. The minimum Gasteiger partial charge on any atom is -0.455 e. The maximum absolute atomic E-state index is 5.72. The van der Waals surface area contributed by atoms with Gasteiger partial charge in [-0.1, -0.05) is 12.1 Å². The van der Waals surface area contributed by atoms with Crippen LogP contribution in [-0.4, -0.2) is 16.3 Å². The van der Waals surface area contributed by atoms with Crippen molar-refractivity contribution in [2.24, 2.45) is 10.8 Å². The van der Waals surface area contributed by atoms with Gasteiger partial charge in [0.1, 0.15) is 11.5 Å². The third-order valence-electron chi connectivity index (χ3n) is 2.16. The lowest BCUT2D eigenvalue weighted by atomic mass is 10.2. The van der Waals surface area contributed by atoms with E-state index in [1.165, 1.54) is 0 Å². The van der Waals surface area contributed by atoms with Gasteiger partial charge in [-0.25, -0.2) is 0 Å². The largest absolute Gasteiger partial charge is 0.455 e. The number of hydrazone groups is 1. The van der Waals surface area contributed by atoms with Gasteiger partial charge < -0.3 is 10.5 Å². The molecular weight excluding hydrogens is 260 g/mol. The normalized spacial score (nSPS) is 10.3. The second-order valence-corrected chi connectivity index (χ2v) is 4.00. The molecule has 19 heavy (non-hydrogen) atoms. The molecule has 96 valence electrons. The van der Waals surface area contributed by atoms with Gasteiger partial charge in [-0.15, -0.1) is 0 Å². The Bertz CT molecular complexity index is 586. The van der Waals surface area contributed by atoms with Gasteiger partial charge in [-0.2, -0.15) is 5.10 Å². The van der Waals surface area contributed by atoms with Gasteiger partial charge in [0.05, 0.1) is 12.4 Å². The van der Waals surface area contributed by atoms with Gasteiger partial charge in [0.25, 0.3) is 0 Å². The maximum Gasteiger partial charge on any atom is 0.184 e. The fraction of sp³-hybridized carbons (Fsp3) is 0. The number of thiocarbonyl (C=S) groups is 1. The van der Waals surface area contributed by atoms with E-state index in [0.717, 1.165) is 5.56 Å². The quantitative estimate of drug-likeness (QED) is 0.506. The Morgan fingerprint density at radius 3 is 2.89 bits per heavy atom. The molecule has 6 heteroatoms. The monoisotopic (exact) mass is 272 g/mol. The van der Waals surface area contributed by atoms with Crippen molar-refractivity contribution in [1.29, 1.82) is 0 Å². The molecule has 1 heterocycles. The highest BCUT2D eigenvalue weighted by atomic mass is 32.1. The van der Waals surface area contributed by atoms with Crippen LogP contribution >= 0.6 is 12.2 Å². The molecule has 0 aliphatic rings. The Balaban J connectivity index is 2.17. The summed E-state index contributed by atoms with van der Waals surface area (Å²) in [4.78, 5) is 3.99. The van der Waals surface area contributed by atoms with Crippen molar-refractivity contribution < 1.29 is 4.74 Å². The average molecular weight is 272 g/mol. The van der Waals surface area contributed by atoms with Crippen LogP contribution in [0.5, 0.6) is 11.5 Å². The third-order valence-corrected chi connectivity index (χ3v) is 2.25. The number of ether oxygens (including phenoxy) is 1. The fourth-order valence-corrected chi connectivity index (χ4v) is 1.43. The molecule has 0 atom stereocenters. The molecule has 0 saturated carbocycles. The van der Waals surface area contributed by atoms with Gasteiger partial charge in [0.2, 0.25) is 0 Å². The highest BCUT2D eigenvalue weighted by Gasteiger charge is 2.02. The van der Waals surface area contributed by atoms with E-state index in [9.17, 15) is 0 Å². The summed E-state index contributed by atoms with van der Waals surface area (Å²) in [6, 6.07) is 11.1. The van der Waals surface area contributed by atoms with Crippen molar-refractivity contribution >= 4 is 23.5 Å². The van der Waals surface area contributed by atoms with Crippen molar-refractivity contribution in [1.82, 2.24) is 10.4 Å². The number of aromatic nitrogens is 1. The number of nitrogens with zero attached hydrogens (tertiary/aromatic N) is 2. The van der Waals surface area contributed by atoms with E-state index in [1.54, 1.807) is 24.7 Å². The molecule has 5 nitrogen and oxygen atoms in total. The summed E-state index contributed by atoms with van der Waals surface area (Å²) in [6.45, 7) is 0. The van der Waals surface area contributed by atoms with E-state index in [-0.39, 0.29) is 5.11 Å². The number of nitrogens with one attached hydrogen (secondary N) is 1. The first-order chi connectivity index (χ1) is 9.25. The first kappa shape index (κ1) is 13.0. The molecule has 0 unspecified atom stereocenters. The standard InChI is InChI=1S/C13H12N4OS/c14-13(19)17-16-8-10-4-1-2-6-12(10)18-11-5-3-7-15-9-11/h1-9H,(H3,14,17,19). The minimum absolute atomic E-state index is 0.113. The second kappa shape index (κ2) is 6.46. The van der Waals surface area contributed by atoms with Crippen LogP contribution in [-0.2, 0) is 0 Å². The lowest BCUT2D eigenvalue weighted by Gasteiger charge is -2.07. The summed E-state index contributed by atoms with van der Waals surface area (Å²) in [5.41, 5.74) is 8.58. The molecule has 0 saturated heterocycles. The van der Waals surface area contributed by atoms with E-state index in [1.807, 2.05) is 30.3 Å². The molecule has 2 aromatic rings. The van der Waals surface area contributed by atoms with Gasteiger partial charge in [0.15, 0.2) is 5.11 Å². The first-order valence-corrected chi connectivity index (χ1v) is 5.92. The second-order valence-electron chi connectivity index (χ2n) is 3.56. The first-order valence-electron chi connectivity index (χ1n) is 5.51. The topological polar surface area (TPSA) is 72.5 Å². The van der Waals surface area contributed by atoms with Crippen LogP contribution in [0.2, 0.25) is 0 Å². The third kappa shape index (κ3) is 4.04. The number of hydrogen-bond acceptors (Lipinski definition) is 4. The van der Waals surface area contributed by atoms with Crippen LogP contribution in [0.3, 0.4) is 0 Å². The smallest absolute Gasteiger partial charge is 0.184 e. The summed E-state index contributed by atoms with van der Waals surface area (Å²) in [7, 11) is 0. The number of benzene rings is 1. The van der Waals surface area contributed by atoms with Gasteiger partial charge in [-0.05, 0) is 36.5 Å². The Morgan fingerprint density at radius 1 is 1.32 bits per heavy atom. The molecular formula is C13H12N4OS. The zero-order valence-electron chi connectivity index (χ0n) is 9.98. The van der Waals surface area contributed by atoms with Crippen LogP contribution in [0, 0.1) is 0 Å². The molecule has 1 aromatic heterocycles. The molecule has 2 rings (SSSR count). The summed E-state index contributed by atoms with van der Waals surface area (Å²) in [5.74, 6) is 1.33. The van der Waals surface area contributed by atoms with E-state index >= 15 is 0 Å². The molecule has 0 bridgehead atoms. The predicted molar refractivity (Wildman–Crippen MR) is 78.3 cm³/mol. The Labute approximate surface area is 116 Å². The van der Waals surface area contributed by atoms with Crippen LogP contribution in [0.15, 0.2) is 53.9 Å². The van der Waals surface area contributed by atoms with Crippen LogP contribution in [0.25, 0.3) is 0 Å². The lowest BCUT2D eigenvalue weighted by Crippen LogP contribution is -2.24. The lowest BCUT2D eigenvalue weighted by molar-refractivity contribution is 0.479. The van der Waals surface area contributed by atoms with Gasteiger partial charge in [0, 0.05) is 11.8 Å². The molecule has 3 N–H and O–H groups in total. The molecule has 0 amide bonds. The number of hydrogen-bond donors (Lipinski definition) is 2. The Kier molecular flexibility index (Phi) is 4.41. The van der Waals surface area contributed by atoms with Crippen molar-refractivity contribution in [3.63, 3.8) is 0 Å². The summed E-state index contributed by atoms with van der Waals surface area (Å²) < 4.78 is 5.72.